The zero-order chi connectivity index (χ0) is 33.4. The van der Waals surface area contributed by atoms with Gasteiger partial charge in [-0.3, -0.25) is 4.79 Å². The van der Waals surface area contributed by atoms with E-state index in [2.05, 4.69) is 60.5 Å². The molecular formula is C37H62N4O5S. The lowest BCUT2D eigenvalue weighted by Crippen LogP contribution is -2.54. The zero-order valence-electron chi connectivity index (χ0n) is 30.0. The second-order valence-corrected chi connectivity index (χ2v) is 17.9. The van der Waals surface area contributed by atoms with Crippen molar-refractivity contribution >= 4 is 23.5 Å². The molecule has 1 aromatic heterocycles. The molecule has 1 saturated heterocycles. The van der Waals surface area contributed by atoms with Gasteiger partial charge in [-0.15, -0.1) is 4.37 Å². The first kappa shape index (κ1) is 35.3. The van der Waals surface area contributed by atoms with Crippen molar-refractivity contribution in [2.45, 2.75) is 130 Å². The standard InChI is InChI=1S/C37H62N4O5S/c1-24(29-10-11-30-28-9-8-25-21-26(42)13-15-36(25,5)31(28)14-16-37(29,30)6)7-12-32(43)46-27(22-38-35(2,3)4)23-45-34-33(39-47-40-34)41-17-19-44-20-18-41/h24-31,38,42H,7-23H2,1-6H3/t24-,25-,26-,27+,28+,29-,30?,31?,36+,37-/m1/s1. The maximum Gasteiger partial charge on any atom is 0.306 e. The fourth-order valence-corrected chi connectivity index (χ4v) is 11.5. The van der Waals surface area contributed by atoms with Crippen LogP contribution in [0.2, 0.25) is 0 Å². The van der Waals surface area contributed by atoms with Crippen LogP contribution >= 0.6 is 11.7 Å². The summed E-state index contributed by atoms with van der Waals surface area (Å²) >= 11 is 1.14. The number of hydrogen-bond donors (Lipinski definition) is 2. The van der Waals surface area contributed by atoms with Gasteiger partial charge < -0.3 is 29.5 Å². The maximum absolute atomic E-state index is 13.3. The molecule has 0 spiro atoms. The molecule has 5 fully saturated rings. The third-order valence-electron chi connectivity index (χ3n) is 13.5. The quantitative estimate of drug-likeness (QED) is 0.255. The van der Waals surface area contributed by atoms with Gasteiger partial charge in [-0.25, -0.2) is 0 Å². The van der Waals surface area contributed by atoms with E-state index in [0.29, 0.717) is 60.6 Å². The third kappa shape index (κ3) is 7.65. The molecule has 10 atom stereocenters. The number of anilines is 1. The lowest BCUT2D eigenvalue weighted by atomic mass is 9.44. The Morgan fingerprint density at radius 2 is 1.81 bits per heavy atom. The Bertz CT molecular complexity index is 1200. The molecule has 5 aliphatic rings. The summed E-state index contributed by atoms with van der Waals surface area (Å²) in [6, 6.07) is 0. The molecule has 2 N–H and O–H groups in total. The number of carbonyl (C=O) groups excluding carboxylic acids is 1. The Labute approximate surface area is 287 Å². The summed E-state index contributed by atoms with van der Waals surface area (Å²) in [5, 5.41) is 13.9. The van der Waals surface area contributed by atoms with Crippen LogP contribution in [0.3, 0.4) is 0 Å². The molecular weight excluding hydrogens is 612 g/mol. The molecule has 9 nitrogen and oxygen atoms in total. The van der Waals surface area contributed by atoms with Crippen molar-refractivity contribution in [2.24, 2.45) is 46.3 Å². The van der Waals surface area contributed by atoms with Crippen LogP contribution in [0.25, 0.3) is 0 Å². The van der Waals surface area contributed by atoms with Crippen LogP contribution in [0.4, 0.5) is 5.82 Å². The number of carbonyl (C=O) groups is 1. The van der Waals surface area contributed by atoms with E-state index < -0.39 is 6.10 Å². The molecule has 0 radical (unpaired) electrons. The first-order valence-electron chi connectivity index (χ1n) is 18.8. The van der Waals surface area contributed by atoms with Crippen LogP contribution in [-0.4, -0.2) is 77.0 Å². The summed E-state index contributed by atoms with van der Waals surface area (Å²) < 4.78 is 26.6. The van der Waals surface area contributed by atoms with E-state index in [0.717, 1.165) is 67.7 Å². The molecule has 10 heteroatoms. The molecule has 47 heavy (non-hydrogen) atoms. The lowest BCUT2D eigenvalue weighted by Gasteiger charge is -2.61. The summed E-state index contributed by atoms with van der Waals surface area (Å²) in [6.45, 7) is 17.5. The Morgan fingerprint density at radius 1 is 1.06 bits per heavy atom. The molecule has 0 amide bonds. The molecule has 0 aromatic carbocycles. The van der Waals surface area contributed by atoms with Crippen molar-refractivity contribution in [3.63, 3.8) is 0 Å². The zero-order valence-corrected chi connectivity index (χ0v) is 30.8. The minimum atomic E-state index is -0.419. The molecule has 4 saturated carbocycles. The highest BCUT2D eigenvalue weighted by Crippen LogP contribution is 2.68. The fourth-order valence-electron chi connectivity index (χ4n) is 11.0. The second-order valence-electron chi connectivity index (χ2n) is 17.4. The van der Waals surface area contributed by atoms with Gasteiger partial charge in [0, 0.05) is 31.6 Å². The van der Waals surface area contributed by atoms with E-state index in [4.69, 9.17) is 14.2 Å². The van der Waals surface area contributed by atoms with E-state index in [1.54, 1.807) is 0 Å². The monoisotopic (exact) mass is 674 g/mol. The van der Waals surface area contributed by atoms with Gasteiger partial charge in [0.2, 0.25) is 5.82 Å². The largest absolute Gasteiger partial charge is 0.470 e. The van der Waals surface area contributed by atoms with Gasteiger partial charge in [-0.05, 0) is 131 Å². The lowest BCUT2D eigenvalue weighted by molar-refractivity contribution is -0.151. The Kier molecular flexibility index (Phi) is 10.8. The Morgan fingerprint density at radius 3 is 2.57 bits per heavy atom. The number of aliphatic hydroxyl groups is 1. The van der Waals surface area contributed by atoms with Crippen molar-refractivity contribution in [2.75, 3.05) is 44.4 Å². The number of morpholine rings is 1. The van der Waals surface area contributed by atoms with Gasteiger partial charge in [0.05, 0.1) is 31.0 Å². The van der Waals surface area contributed by atoms with E-state index in [9.17, 15) is 9.90 Å². The third-order valence-corrected chi connectivity index (χ3v) is 14.0. The maximum atomic E-state index is 13.3. The van der Waals surface area contributed by atoms with E-state index in [-0.39, 0.29) is 24.2 Å². The molecule has 6 rings (SSSR count). The molecule has 4 aliphatic carbocycles. The van der Waals surface area contributed by atoms with Gasteiger partial charge in [0.25, 0.3) is 5.88 Å². The SMILES string of the molecule is C[C@H](CCC(=O)O[C@@H](CNC(C)(C)C)COc1nsnc1N1CCOCC1)[C@H]1CCC2[C@@H]3CC[C@@H]4C[C@H](O)CC[C@]4(C)C3CC[C@@]21C. The minimum absolute atomic E-state index is 0.0806. The predicted octanol–water partition coefficient (Wildman–Crippen LogP) is 6.49. The van der Waals surface area contributed by atoms with Gasteiger partial charge in [-0.2, -0.15) is 4.37 Å². The number of hydrogen-bond acceptors (Lipinski definition) is 10. The first-order chi connectivity index (χ1) is 22.4. The topological polar surface area (TPSA) is 106 Å². The molecule has 266 valence electrons. The van der Waals surface area contributed by atoms with Crippen molar-refractivity contribution in [3.8, 4) is 5.88 Å². The van der Waals surface area contributed by atoms with Crippen LogP contribution in [0.1, 0.15) is 112 Å². The first-order valence-corrected chi connectivity index (χ1v) is 19.5. The summed E-state index contributed by atoms with van der Waals surface area (Å²) in [4.78, 5) is 15.5. The fraction of sp³-hybridized carbons (Fsp3) is 0.919. The molecule has 1 aliphatic heterocycles. The van der Waals surface area contributed by atoms with Gasteiger partial charge in [-0.1, -0.05) is 20.8 Å². The van der Waals surface area contributed by atoms with E-state index >= 15 is 0 Å². The van der Waals surface area contributed by atoms with Gasteiger partial charge in [0.1, 0.15) is 12.7 Å². The highest BCUT2D eigenvalue weighted by Gasteiger charge is 2.60. The number of aromatic nitrogens is 2. The molecule has 2 unspecified atom stereocenters. The van der Waals surface area contributed by atoms with Crippen LogP contribution < -0.4 is 15.0 Å². The smallest absolute Gasteiger partial charge is 0.306 e. The van der Waals surface area contributed by atoms with Crippen molar-refractivity contribution < 1.29 is 24.1 Å². The molecule has 1 aromatic rings. The van der Waals surface area contributed by atoms with Crippen molar-refractivity contribution in [3.05, 3.63) is 0 Å². The van der Waals surface area contributed by atoms with Crippen LogP contribution in [0, 0.1) is 46.3 Å². The van der Waals surface area contributed by atoms with Crippen LogP contribution in [-0.2, 0) is 14.3 Å². The van der Waals surface area contributed by atoms with Crippen LogP contribution in [0.15, 0.2) is 0 Å². The number of rotatable bonds is 11. The molecule has 2 heterocycles. The highest BCUT2D eigenvalue weighted by atomic mass is 32.1. The number of fused-ring (bicyclic) bond motifs is 5. The summed E-state index contributed by atoms with van der Waals surface area (Å²) in [5.74, 6) is 5.43. The van der Waals surface area contributed by atoms with E-state index in [1.165, 1.54) is 44.9 Å². The number of aliphatic hydroxyl groups excluding tert-OH is 1. The number of ether oxygens (including phenoxy) is 3. The number of nitrogens with zero attached hydrogens (tertiary/aromatic N) is 3. The van der Waals surface area contributed by atoms with E-state index in [1.807, 2.05) is 0 Å². The number of esters is 1. The average molecular weight is 675 g/mol. The highest BCUT2D eigenvalue weighted by molar-refractivity contribution is 6.99. The minimum Gasteiger partial charge on any atom is -0.470 e. The summed E-state index contributed by atoms with van der Waals surface area (Å²) in [6.07, 6.45) is 12.0. The number of nitrogens with one attached hydrogen (secondary N) is 1. The summed E-state index contributed by atoms with van der Waals surface area (Å²) in [7, 11) is 0. The Hall–Kier alpha value is -1.49. The van der Waals surface area contributed by atoms with Gasteiger partial charge in [0.15, 0.2) is 0 Å². The van der Waals surface area contributed by atoms with Gasteiger partial charge >= 0.3 is 5.97 Å². The van der Waals surface area contributed by atoms with Crippen molar-refractivity contribution in [1.29, 1.82) is 0 Å². The van der Waals surface area contributed by atoms with Crippen LogP contribution in [0.5, 0.6) is 5.88 Å². The predicted molar refractivity (Wildman–Crippen MR) is 186 cm³/mol. The Balaban J connectivity index is 1.03. The average Bonchev–Trinajstić information content (AvgIpc) is 3.66. The van der Waals surface area contributed by atoms with Crippen molar-refractivity contribution in [1.82, 2.24) is 14.1 Å². The summed E-state index contributed by atoms with van der Waals surface area (Å²) in [5.41, 5.74) is 0.677. The second kappa shape index (κ2) is 14.4. The normalized spacial score (nSPS) is 37.0. The molecule has 0 bridgehead atoms.